The van der Waals surface area contributed by atoms with E-state index in [0.717, 1.165) is 0 Å². The number of nitrogens with one attached hydrogen (secondary N) is 1. The lowest BCUT2D eigenvalue weighted by molar-refractivity contribution is -0.386. The molecule has 0 amide bonds. The fraction of sp³-hybridized carbons (Fsp3) is 0.222. The summed E-state index contributed by atoms with van der Waals surface area (Å²) in [6, 6.07) is 0. The average Bonchev–Trinajstić information content (AvgIpc) is 2.17. The lowest BCUT2D eigenvalue weighted by Gasteiger charge is -1.97. The first kappa shape index (κ1) is 11.8. The van der Waals surface area contributed by atoms with Crippen LogP contribution in [0.2, 0.25) is 0 Å². The summed E-state index contributed by atoms with van der Waals surface area (Å²) >= 11 is 0. The maximum absolute atomic E-state index is 11.4. The number of nitrogens with zero attached hydrogens (tertiary/aromatic N) is 3. The van der Waals surface area contributed by atoms with E-state index in [4.69, 9.17) is 0 Å². The Labute approximate surface area is 90.7 Å². The van der Waals surface area contributed by atoms with Crippen molar-refractivity contribution < 1.29 is 4.92 Å². The smallest absolute Gasteiger partial charge is 0.285 e. The van der Waals surface area contributed by atoms with Crippen molar-refractivity contribution in [1.29, 1.82) is 0 Å². The maximum Gasteiger partial charge on any atom is 0.359 e. The van der Waals surface area contributed by atoms with Gasteiger partial charge in [0.15, 0.2) is 5.69 Å². The van der Waals surface area contributed by atoms with Gasteiger partial charge in [-0.2, -0.15) is 0 Å². The minimum atomic E-state index is -0.811. The third kappa shape index (κ3) is 2.38. The van der Waals surface area contributed by atoms with E-state index in [9.17, 15) is 14.9 Å². The molecule has 0 saturated carbocycles. The second-order valence-electron chi connectivity index (χ2n) is 2.77. The SMILES string of the molecule is CC=Nc1nc(/C=C/C)c([N+](=O)[O-])c(=O)[nH]1. The molecule has 84 valence electrons. The van der Waals surface area contributed by atoms with Crippen LogP contribution in [0.3, 0.4) is 0 Å². The summed E-state index contributed by atoms with van der Waals surface area (Å²) in [6.07, 6.45) is 4.39. The minimum Gasteiger partial charge on any atom is -0.285 e. The van der Waals surface area contributed by atoms with E-state index in [-0.39, 0.29) is 11.6 Å². The van der Waals surface area contributed by atoms with Crippen LogP contribution in [-0.4, -0.2) is 21.1 Å². The Bertz CT molecular complexity index is 516. The number of aliphatic imine (C=N–C) groups is 1. The second-order valence-corrected chi connectivity index (χ2v) is 2.77. The van der Waals surface area contributed by atoms with Gasteiger partial charge in [0, 0.05) is 6.21 Å². The van der Waals surface area contributed by atoms with Gasteiger partial charge in [0.2, 0.25) is 5.95 Å². The van der Waals surface area contributed by atoms with Gasteiger partial charge in [-0.25, -0.2) is 9.98 Å². The van der Waals surface area contributed by atoms with Crippen molar-refractivity contribution in [1.82, 2.24) is 9.97 Å². The van der Waals surface area contributed by atoms with Crippen LogP contribution in [0, 0.1) is 10.1 Å². The number of hydrogen-bond donors (Lipinski definition) is 1. The van der Waals surface area contributed by atoms with Crippen LogP contribution in [0.1, 0.15) is 19.5 Å². The fourth-order valence-corrected chi connectivity index (χ4v) is 1.11. The van der Waals surface area contributed by atoms with Crippen LogP contribution in [0.4, 0.5) is 11.6 Å². The highest BCUT2D eigenvalue weighted by molar-refractivity contribution is 5.60. The molecule has 0 unspecified atom stereocenters. The van der Waals surface area contributed by atoms with E-state index in [1.807, 2.05) is 0 Å². The lowest BCUT2D eigenvalue weighted by atomic mass is 10.3. The normalized spacial score (nSPS) is 11.4. The molecule has 0 spiro atoms. The van der Waals surface area contributed by atoms with Crippen LogP contribution in [0.15, 0.2) is 15.9 Å². The topological polar surface area (TPSA) is 101 Å². The van der Waals surface area contributed by atoms with Gasteiger partial charge in [0.25, 0.3) is 0 Å². The standard InChI is InChI=1S/C9H10N4O3/c1-3-5-6-7(13(15)16)8(14)12-9(11-6)10-4-2/h3-5H,1-2H3,(H,11,12,14)/b5-3+,10-4?. The third-order valence-electron chi connectivity index (χ3n) is 1.67. The summed E-state index contributed by atoms with van der Waals surface area (Å²) in [7, 11) is 0. The maximum atomic E-state index is 11.4. The molecule has 1 aromatic heterocycles. The van der Waals surface area contributed by atoms with Gasteiger partial charge in [-0.3, -0.25) is 19.9 Å². The summed E-state index contributed by atoms with van der Waals surface area (Å²) in [5.41, 5.74) is -1.39. The van der Waals surface area contributed by atoms with Gasteiger partial charge in [0.05, 0.1) is 4.92 Å². The molecule has 16 heavy (non-hydrogen) atoms. The Balaban J connectivity index is 3.51. The predicted molar refractivity (Wildman–Crippen MR) is 60.0 cm³/mol. The number of nitro groups is 1. The Kier molecular flexibility index (Phi) is 3.65. The Morgan fingerprint density at radius 2 is 2.19 bits per heavy atom. The molecule has 0 aliphatic heterocycles. The van der Waals surface area contributed by atoms with E-state index in [2.05, 4.69) is 15.0 Å². The molecular formula is C9H10N4O3. The first-order valence-corrected chi connectivity index (χ1v) is 4.50. The summed E-state index contributed by atoms with van der Waals surface area (Å²) in [5.74, 6) is 0.0474. The molecule has 0 radical (unpaired) electrons. The van der Waals surface area contributed by atoms with Gasteiger partial charge in [0.1, 0.15) is 0 Å². The zero-order valence-electron chi connectivity index (χ0n) is 8.80. The molecule has 0 saturated heterocycles. The molecule has 1 heterocycles. The highest BCUT2D eigenvalue weighted by Crippen LogP contribution is 2.14. The van der Waals surface area contributed by atoms with Crippen molar-refractivity contribution in [3.05, 3.63) is 32.2 Å². The van der Waals surface area contributed by atoms with Crippen LogP contribution in [0.25, 0.3) is 6.08 Å². The number of allylic oxidation sites excluding steroid dienone is 1. The van der Waals surface area contributed by atoms with E-state index in [1.54, 1.807) is 19.9 Å². The zero-order valence-corrected chi connectivity index (χ0v) is 8.80. The zero-order chi connectivity index (χ0) is 12.1. The quantitative estimate of drug-likeness (QED) is 0.474. The lowest BCUT2D eigenvalue weighted by Crippen LogP contribution is -2.14. The van der Waals surface area contributed by atoms with Crippen LogP contribution in [-0.2, 0) is 0 Å². The van der Waals surface area contributed by atoms with E-state index < -0.39 is 16.2 Å². The number of aromatic amines is 1. The van der Waals surface area contributed by atoms with Gasteiger partial charge in [-0.15, -0.1) is 0 Å². The van der Waals surface area contributed by atoms with Gasteiger partial charge < -0.3 is 0 Å². The molecule has 0 aliphatic carbocycles. The Morgan fingerprint density at radius 1 is 1.50 bits per heavy atom. The fourth-order valence-electron chi connectivity index (χ4n) is 1.11. The molecule has 1 rings (SSSR count). The van der Waals surface area contributed by atoms with Gasteiger partial charge in [-0.1, -0.05) is 6.08 Å². The van der Waals surface area contributed by atoms with E-state index in [0.29, 0.717) is 0 Å². The summed E-state index contributed by atoms with van der Waals surface area (Å²) in [5, 5.41) is 10.7. The van der Waals surface area contributed by atoms with Crippen LogP contribution < -0.4 is 5.56 Å². The van der Waals surface area contributed by atoms with Crippen molar-refractivity contribution in [3.8, 4) is 0 Å². The molecule has 0 aromatic carbocycles. The summed E-state index contributed by atoms with van der Waals surface area (Å²) in [6.45, 7) is 3.33. The molecule has 0 fully saturated rings. The second kappa shape index (κ2) is 4.96. The number of hydrogen-bond acceptors (Lipinski definition) is 5. The summed E-state index contributed by atoms with van der Waals surface area (Å²) in [4.78, 5) is 31.1. The number of H-pyrrole nitrogens is 1. The van der Waals surface area contributed by atoms with Crippen molar-refractivity contribution in [2.45, 2.75) is 13.8 Å². The molecule has 1 aromatic rings. The van der Waals surface area contributed by atoms with Gasteiger partial charge in [-0.05, 0) is 19.9 Å². The number of aromatic nitrogens is 2. The predicted octanol–water partition coefficient (Wildman–Crippen LogP) is 1.43. The number of rotatable bonds is 3. The van der Waals surface area contributed by atoms with Crippen molar-refractivity contribution in [2.24, 2.45) is 4.99 Å². The largest absolute Gasteiger partial charge is 0.359 e. The third-order valence-corrected chi connectivity index (χ3v) is 1.67. The van der Waals surface area contributed by atoms with E-state index in [1.165, 1.54) is 12.3 Å². The van der Waals surface area contributed by atoms with Crippen molar-refractivity contribution >= 4 is 23.9 Å². The molecule has 7 nitrogen and oxygen atoms in total. The monoisotopic (exact) mass is 222 g/mol. The molecule has 1 N–H and O–H groups in total. The molecule has 0 aliphatic rings. The highest BCUT2D eigenvalue weighted by atomic mass is 16.6. The minimum absolute atomic E-state index is 0.00292. The first-order valence-electron chi connectivity index (χ1n) is 4.50. The van der Waals surface area contributed by atoms with E-state index >= 15 is 0 Å². The molecule has 7 heteroatoms. The highest BCUT2D eigenvalue weighted by Gasteiger charge is 2.19. The molecular weight excluding hydrogens is 212 g/mol. The van der Waals surface area contributed by atoms with Crippen LogP contribution >= 0.6 is 0 Å². The van der Waals surface area contributed by atoms with Crippen molar-refractivity contribution in [3.63, 3.8) is 0 Å². The molecule has 0 atom stereocenters. The van der Waals surface area contributed by atoms with Gasteiger partial charge >= 0.3 is 11.2 Å². The Hall–Kier alpha value is -2.31. The molecule has 0 bridgehead atoms. The van der Waals surface area contributed by atoms with Crippen LogP contribution in [0.5, 0.6) is 0 Å². The Morgan fingerprint density at radius 3 is 2.69 bits per heavy atom. The summed E-state index contributed by atoms with van der Waals surface area (Å²) < 4.78 is 0. The first-order chi connectivity index (χ1) is 7.60. The van der Waals surface area contributed by atoms with Crippen molar-refractivity contribution in [2.75, 3.05) is 0 Å². The average molecular weight is 222 g/mol.